The van der Waals surface area contributed by atoms with Gasteiger partial charge in [-0.25, -0.2) is 4.39 Å². The number of amides is 1. The van der Waals surface area contributed by atoms with Crippen molar-refractivity contribution in [3.8, 4) is 5.75 Å². The van der Waals surface area contributed by atoms with Crippen molar-refractivity contribution in [1.29, 1.82) is 0 Å². The summed E-state index contributed by atoms with van der Waals surface area (Å²) >= 11 is 20.0. The van der Waals surface area contributed by atoms with Crippen LogP contribution < -0.4 is 15.8 Å². The third-order valence-electron chi connectivity index (χ3n) is 2.88. The Balaban J connectivity index is 2.19. The SMILES string of the molecule is NC(=S)NC(=O)c1cc(Cl)c(OCc2ccc(F)cc2Cl)c(Br)c1. The van der Waals surface area contributed by atoms with Crippen molar-refractivity contribution >= 4 is 62.4 Å². The van der Waals surface area contributed by atoms with Crippen LogP contribution in [-0.2, 0) is 6.61 Å². The summed E-state index contributed by atoms with van der Waals surface area (Å²) in [5.41, 5.74) is 6.11. The van der Waals surface area contributed by atoms with Gasteiger partial charge in [0.05, 0.1) is 14.5 Å². The first kappa shape index (κ1) is 18.9. The standard InChI is InChI=1S/C15H10BrCl2FN2O2S/c16-10-3-8(14(22)21-15(20)24)4-12(18)13(10)23-6-7-1-2-9(19)5-11(7)17/h1-5H,6H2,(H3,20,21,22,24). The highest BCUT2D eigenvalue weighted by Gasteiger charge is 2.15. The molecule has 2 aromatic carbocycles. The van der Waals surface area contributed by atoms with E-state index in [2.05, 4.69) is 33.5 Å². The van der Waals surface area contributed by atoms with E-state index in [1.54, 1.807) is 0 Å². The fourth-order valence-electron chi connectivity index (χ4n) is 1.80. The Morgan fingerprint density at radius 2 is 2.00 bits per heavy atom. The second-order valence-corrected chi connectivity index (χ2v) is 6.72. The highest BCUT2D eigenvalue weighted by atomic mass is 79.9. The van der Waals surface area contributed by atoms with Gasteiger partial charge in [-0.2, -0.15) is 0 Å². The van der Waals surface area contributed by atoms with Crippen molar-refractivity contribution in [3.05, 3.63) is 61.8 Å². The van der Waals surface area contributed by atoms with E-state index >= 15 is 0 Å². The van der Waals surface area contributed by atoms with Gasteiger partial charge in [0.2, 0.25) is 0 Å². The first-order chi connectivity index (χ1) is 11.3. The van der Waals surface area contributed by atoms with Crippen LogP contribution in [0, 0.1) is 5.82 Å². The Bertz CT molecular complexity index is 797. The third-order valence-corrected chi connectivity index (χ3v) is 4.21. The Hall–Kier alpha value is -1.41. The summed E-state index contributed by atoms with van der Waals surface area (Å²) in [6.45, 7) is 0.0792. The molecule has 24 heavy (non-hydrogen) atoms. The Kier molecular flexibility index (Phi) is 6.40. The van der Waals surface area contributed by atoms with Gasteiger partial charge in [-0.05, 0) is 52.4 Å². The molecule has 0 aromatic heterocycles. The lowest BCUT2D eigenvalue weighted by Crippen LogP contribution is -2.34. The molecule has 0 atom stereocenters. The van der Waals surface area contributed by atoms with Gasteiger partial charge in [-0.3, -0.25) is 10.1 Å². The molecule has 1 amide bonds. The molecule has 3 N–H and O–H groups in total. The molecule has 0 aliphatic heterocycles. The van der Waals surface area contributed by atoms with E-state index in [4.69, 9.17) is 33.7 Å². The highest BCUT2D eigenvalue weighted by Crippen LogP contribution is 2.35. The summed E-state index contributed by atoms with van der Waals surface area (Å²) in [6.07, 6.45) is 0. The summed E-state index contributed by atoms with van der Waals surface area (Å²) in [6, 6.07) is 6.93. The topological polar surface area (TPSA) is 64.3 Å². The monoisotopic (exact) mass is 450 g/mol. The molecule has 4 nitrogen and oxygen atoms in total. The number of nitrogens with one attached hydrogen (secondary N) is 1. The Morgan fingerprint density at radius 3 is 2.58 bits per heavy atom. The van der Waals surface area contributed by atoms with Crippen molar-refractivity contribution in [2.75, 3.05) is 0 Å². The molecule has 0 aliphatic rings. The molecule has 2 rings (SSSR count). The minimum absolute atomic E-state index is 0.0792. The number of hydrogen-bond donors (Lipinski definition) is 2. The fraction of sp³-hybridized carbons (Fsp3) is 0.0667. The maximum atomic E-state index is 13.0. The van der Waals surface area contributed by atoms with Gasteiger partial charge in [0.25, 0.3) is 5.91 Å². The lowest BCUT2D eigenvalue weighted by atomic mass is 10.2. The second kappa shape index (κ2) is 8.11. The van der Waals surface area contributed by atoms with Gasteiger partial charge >= 0.3 is 0 Å². The van der Waals surface area contributed by atoms with E-state index in [0.717, 1.165) is 0 Å². The number of nitrogens with two attached hydrogens (primary N) is 1. The third kappa shape index (κ3) is 4.80. The smallest absolute Gasteiger partial charge is 0.257 e. The quantitative estimate of drug-likeness (QED) is 0.674. The van der Waals surface area contributed by atoms with Crippen LogP contribution in [0.25, 0.3) is 0 Å². The predicted octanol–water partition coefficient (Wildman–Crippen LogP) is 4.45. The maximum Gasteiger partial charge on any atom is 0.257 e. The van der Waals surface area contributed by atoms with E-state index < -0.39 is 11.7 Å². The van der Waals surface area contributed by atoms with Crippen molar-refractivity contribution in [2.45, 2.75) is 6.61 Å². The highest BCUT2D eigenvalue weighted by molar-refractivity contribution is 9.10. The first-order valence-corrected chi connectivity index (χ1v) is 8.40. The lowest BCUT2D eigenvalue weighted by molar-refractivity contribution is 0.0977. The zero-order valence-electron chi connectivity index (χ0n) is 11.9. The summed E-state index contributed by atoms with van der Waals surface area (Å²) in [4.78, 5) is 11.9. The van der Waals surface area contributed by atoms with E-state index in [0.29, 0.717) is 15.8 Å². The van der Waals surface area contributed by atoms with Crippen LogP contribution in [0.1, 0.15) is 15.9 Å². The van der Waals surface area contributed by atoms with Crippen molar-refractivity contribution < 1.29 is 13.9 Å². The number of hydrogen-bond acceptors (Lipinski definition) is 3. The Labute approximate surface area is 161 Å². The number of carbonyl (C=O) groups is 1. The van der Waals surface area contributed by atoms with E-state index in [1.165, 1.54) is 30.3 Å². The molecule has 0 saturated heterocycles. The number of halogens is 4. The molecule has 126 valence electrons. The van der Waals surface area contributed by atoms with Gasteiger partial charge in [0, 0.05) is 11.1 Å². The van der Waals surface area contributed by atoms with Gasteiger partial charge in [0.15, 0.2) is 10.9 Å². The molecule has 0 spiro atoms. The van der Waals surface area contributed by atoms with E-state index in [-0.39, 0.29) is 27.3 Å². The van der Waals surface area contributed by atoms with Crippen LogP contribution in [0.4, 0.5) is 4.39 Å². The van der Waals surface area contributed by atoms with Crippen LogP contribution in [0.15, 0.2) is 34.8 Å². The average molecular weight is 452 g/mol. The van der Waals surface area contributed by atoms with Crippen LogP contribution >= 0.6 is 51.3 Å². The molecule has 0 bridgehead atoms. The molecular formula is C15H10BrCl2FN2O2S. The Morgan fingerprint density at radius 1 is 1.29 bits per heavy atom. The number of rotatable bonds is 4. The van der Waals surface area contributed by atoms with Gasteiger partial charge in [-0.15, -0.1) is 0 Å². The zero-order chi connectivity index (χ0) is 17.9. The average Bonchev–Trinajstić information content (AvgIpc) is 2.47. The normalized spacial score (nSPS) is 10.3. The molecule has 0 heterocycles. The largest absolute Gasteiger partial charge is 0.486 e. The molecule has 0 unspecified atom stereocenters. The summed E-state index contributed by atoms with van der Waals surface area (Å²) in [5, 5.41) is 2.61. The van der Waals surface area contributed by atoms with Gasteiger partial charge in [0.1, 0.15) is 12.4 Å². The minimum Gasteiger partial charge on any atom is -0.486 e. The fourth-order valence-corrected chi connectivity index (χ4v) is 3.08. The van der Waals surface area contributed by atoms with Gasteiger partial charge in [-0.1, -0.05) is 29.3 Å². The molecule has 0 fully saturated rings. The summed E-state index contributed by atoms with van der Waals surface area (Å²) in [5.74, 6) is -0.599. The zero-order valence-corrected chi connectivity index (χ0v) is 15.8. The van der Waals surface area contributed by atoms with Crippen molar-refractivity contribution in [1.82, 2.24) is 5.32 Å². The van der Waals surface area contributed by atoms with E-state index in [9.17, 15) is 9.18 Å². The van der Waals surface area contributed by atoms with Crippen molar-refractivity contribution in [3.63, 3.8) is 0 Å². The molecule has 2 aromatic rings. The predicted molar refractivity (Wildman–Crippen MR) is 99.1 cm³/mol. The van der Waals surface area contributed by atoms with Crippen LogP contribution in [0.3, 0.4) is 0 Å². The molecule has 0 aliphatic carbocycles. The maximum absolute atomic E-state index is 13.0. The summed E-state index contributed by atoms with van der Waals surface area (Å²) in [7, 11) is 0. The minimum atomic E-state index is -0.488. The van der Waals surface area contributed by atoms with Gasteiger partial charge < -0.3 is 10.5 Å². The summed E-state index contributed by atoms with van der Waals surface area (Å²) < 4.78 is 19.1. The number of thiocarbonyl (C=S) groups is 1. The number of ether oxygens (including phenoxy) is 1. The molecule has 0 saturated carbocycles. The first-order valence-electron chi connectivity index (χ1n) is 6.44. The number of carbonyl (C=O) groups excluding carboxylic acids is 1. The molecule has 9 heteroatoms. The molecular weight excluding hydrogens is 442 g/mol. The van der Waals surface area contributed by atoms with Crippen LogP contribution in [0.2, 0.25) is 10.0 Å². The van der Waals surface area contributed by atoms with Crippen LogP contribution in [-0.4, -0.2) is 11.0 Å². The van der Waals surface area contributed by atoms with E-state index in [1.807, 2.05) is 0 Å². The van der Waals surface area contributed by atoms with Crippen molar-refractivity contribution in [2.24, 2.45) is 5.73 Å². The molecule has 0 radical (unpaired) electrons. The lowest BCUT2D eigenvalue weighted by Gasteiger charge is -2.13. The second-order valence-electron chi connectivity index (χ2n) is 4.61. The number of benzene rings is 2. The van der Waals surface area contributed by atoms with Crippen LogP contribution in [0.5, 0.6) is 5.75 Å².